The average Bonchev–Trinajstić information content (AvgIpc) is 0.892. The Morgan fingerprint density at radius 1 is 0.215 bits per heavy atom. The van der Waals surface area contributed by atoms with E-state index in [-0.39, 0.29) is 222 Å². The minimum Gasteiger partial charge on any atom is -0.480 e. The highest BCUT2D eigenvalue weighted by Crippen LogP contribution is 2.13. The molecule has 0 aromatic carbocycles. The van der Waals surface area contributed by atoms with E-state index in [0.717, 1.165) is 0 Å². The number of hydrogen-bond donors (Lipinski definition) is 29. The Morgan fingerprint density at radius 3 is 0.603 bits per heavy atom. The van der Waals surface area contributed by atoms with Crippen molar-refractivity contribution >= 4 is 119 Å². The van der Waals surface area contributed by atoms with Crippen LogP contribution in [0.4, 0.5) is 0 Å². The molecule has 49 nitrogen and oxygen atoms in total. The molecule has 0 heterocycles. The second-order valence-corrected chi connectivity index (χ2v) is 28.6. The molecule has 0 aromatic heterocycles. The molecule has 0 bridgehead atoms. The van der Waals surface area contributed by atoms with Crippen molar-refractivity contribution in [3.63, 3.8) is 0 Å². The van der Waals surface area contributed by atoms with Gasteiger partial charge in [-0.15, -0.1) is 0 Å². The van der Waals surface area contributed by atoms with Crippen molar-refractivity contribution in [2.24, 2.45) is 137 Å². The third-order valence-corrected chi connectivity index (χ3v) is 17.9. The summed E-state index contributed by atoms with van der Waals surface area (Å²) < 4.78 is 0. The summed E-state index contributed by atoms with van der Waals surface area (Å²) in [6.45, 7) is 2.06. The number of carboxylic acids is 1. The summed E-state index contributed by atoms with van der Waals surface area (Å²) in [6, 6.07) is -8.57. The fraction of sp³-hybridized carbons (Fsp3) is 0.722. The summed E-state index contributed by atoms with van der Waals surface area (Å²) in [5.41, 5.74) is 93.7. The number of rotatable bonds is 71. The van der Waals surface area contributed by atoms with Gasteiger partial charge in [-0.05, 0) is 154 Å². The summed E-state index contributed by atoms with van der Waals surface area (Å²) in [4.78, 5) is 192. The molecule has 49 heteroatoms. The third-order valence-electron chi connectivity index (χ3n) is 17.9. The molecular formula is C72H142N36O13. The van der Waals surface area contributed by atoms with Crippen LogP contribution in [-0.2, 0) is 57.5 Å². The maximum Gasteiger partial charge on any atom is 0.326 e. The number of carbonyl (C=O) groups is 12. The average molecular weight is 1720 g/mol. The molecule has 0 unspecified atom stereocenters. The van der Waals surface area contributed by atoms with E-state index in [9.17, 15) is 62.6 Å². The molecule has 0 aromatic rings. The van der Waals surface area contributed by atoms with Crippen LogP contribution >= 0.6 is 0 Å². The van der Waals surface area contributed by atoms with Crippen molar-refractivity contribution in [3.8, 4) is 0 Å². The molecule has 0 spiro atoms. The molecule has 8 atom stereocenters. The van der Waals surface area contributed by atoms with Crippen LogP contribution in [0, 0.1) is 0 Å². The molecular weight excluding hydrogens is 1580 g/mol. The largest absolute Gasteiger partial charge is 0.480 e. The lowest BCUT2D eigenvalue weighted by Crippen LogP contribution is -2.54. The number of nitrogens with zero attached hydrogens (tertiary/aromatic N) is 8. The van der Waals surface area contributed by atoms with Crippen LogP contribution in [0.1, 0.15) is 205 Å². The van der Waals surface area contributed by atoms with Gasteiger partial charge in [0.1, 0.15) is 42.3 Å². The lowest BCUT2D eigenvalue weighted by Gasteiger charge is -2.23. The number of carboxylic acid groups (broad SMARTS) is 1. The topological polar surface area (TPSA) is 899 Å². The van der Waals surface area contributed by atoms with E-state index in [2.05, 4.69) is 98.4 Å². The lowest BCUT2D eigenvalue weighted by molar-refractivity contribution is -0.142. The van der Waals surface area contributed by atoms with Gasteiger partial charge in [-0.2, -0.15) is 0 Å². The smallest absolute Gasteiger partial charge is 0.326 e. The molecule has 11 amide bonds. The van der Waals surface area contributed by atoms with Gasteiger partial charge in [0.25, 0.3) is 0 Å². The fourth-order valence-electron chi connectivity index (χ4n) is 11.6. The zero-order valence-electron chi connectivity index (χ0n) is 70.0. The van der Waals surface area contributed by atoms with E-state index in [1.165, 1.54) is 0 Å². The van der Waals surface area contributed by atoms with Gasteiger partial charge in [0.2, 0.25) is 65.0 Å². The van der Waals surface area contributed by atoms with Crippen LogP contribution in [0.25, 0.3) is 0 Å². The maximum atomic E-state index is 14.2. The molecule has 0 fully saturated rings. The highest BCUT2D eigenvalue weighted by Gasteiger charge is 2.31. The number of hydrogen-bond acceptors (Lipinski definition) is 21. The molecule has 0 saturated heterocycles. The van der Waals surface area contributed by atoms with Crippen LogP contribution in [0.3, 0.4) is 0 Å². The van der Waals surface area contributed by atoms with Crippen molar-refractivity contribution < 1.29 is 62.6 Å². The van der Waals surface area contributed by atoms with Gasteiger partial charge in [-0.1, -0.05) is 25.7 Å². The second-order valence-electron chi connectivity index (χ2n) is 28.6. The highest BCUT2D eigenvalue weighted by molar-refractivity contribution is 5.95. The normalized spacial score (nSPS) is 12.7. The number of nitrogens with one attached hydrogen (secondary N) is 11. The lowest BCUT2D eigenvalue weighted by atomic mass is 10.1. The maximum absolute atomic E-state index is 14.2. The van der Waals surface area contributed by atoms with Crippen LogP contribution < -0.4 is 156 Å². The Kier molecular flexibility index (Phi) is 60.8. The molecule has 0 aliphatic carbocycles. The fourth-order valence-corrected chi connectivity index (χ4v) is 11.6. The summed E-state index contributed by atoms with van der Waals surface area (Å²) in [7, 11) is 0. The molecule has 0 radical (unpaired) electrons. The molecule has 688 valence electrons. The predicted molar refractivity (Wildman–Crippen MR) is 464 cm³/mol. The summed E-state index contributed by atoms with van der Waals surface area (Å²) >= 11 is 0. The molecule has 0 aliphatic rings. The molecule has 0 rings (SSSR count). The van der Waals surface area contributed by atoms with Crippen molar-refractivity contribution in [1.82, 2.24) is 58.5 Å². The first-order valence-electron chi connectivity index (χ1n) is 41.1. The molecule has 121 heavy (non-hydrogen) atoms. The van der Waals surface area contributed by atoms with Crippen molar-refractivity contribution in [2.45, 2.75) is 254 Å². The van der Waals surface area contributed by atoms with Gasteiger partial charge in [-0.3, -0.25) is 92.7 Å². The highest BCUT2D eigenvalue weighted by atomic mass is 16.4. The second kappa shape index (κ2) is 67.6. The molecule has 46 N–H and O–H groups in total. The Hall–Kier alpha value is -12.2. The summed E-state index contributed by atoms with van der Waals surface area (Å²) in [5.74, 6) is -8.26. The monoisotopic (exact) mass is 1720 g/mol. The van der Waals surface area contributed by atoms with Gasteiger partial charge in [0, 0.05) is 104 Å². The standard InChI is InChI=1S/C72H142N36O13/c73-45(21-13-37-94-65(74)75)57(113)90-33-9-1-5-29-53(109)102-49(25-17-41-98-69(82)83)61(117)106-46(22-14-38-95-66(76)77)58(114)91-34-10-2-6-30-54(110)103-50(26-18-42-99-70(84)85)62(118)107-47(23-15-39-96-67(78)79)59(115)92-35-11-3-7-31-55(111)104-51(27-19-43-100-71(86)87)63(119)108-48(24-16-40-97-68(80)81)60(116)93-36-12-4-8-32-56(112)105-52(64(120)121)28-20-44-101-72(88)89/h45-52H,1-44,73H2,(H,90,113)(H,91,114)(H,92,115)(H,93,116)(H,102,109)(H,103,110)(H,104,111)(H,105,112)(H,106,117)(H,107,118)(H,108,119)(H,120,121)(H4,74,75,94)(H4,76,77,95)(H4,78,79,96)(H4,80,81,97)(H4,82,83,98)(H4,84,85,99)(H4,86,87,100)(H4,88,89,101)/t45-,46-,47-,48-,49-,50-,51-,52-/m0/s1. The first-order valence-corrected chi connectivity index (χ1v) is 41.1. The number of carbonyl (C=O) groups excluding carboxylic acids is 11. The third kappa shape index (κ3) is 61.7. The SMILES string of the molecule is NC(N)=NCCC[C@H](NC(=O)CCCCCNC(=O)[C@H](CCCN=C(N)N)NC(=O)[C@H](CCCN=C(N)N)NC(=O)CCCCCNC(=O)[C@H](CCCN=C(N)N)NC(=O)[C@H](CCCN=C(N)N)NC(=O)CCCCCNC(=O)[C@H](CCCN=C(N)N)NC(=O)[C@H](CCCN=C(N)N)NC(=O)CCCCCNC(=O)[C@@H](N)CCCN=C(N)N)C(=O)O. The first kappa shape index (κ1) is 109. The van der Waals surface area contributed by atoms with Crippen LogP contribution in [0.5, 0.6) is 0 Å². The van der Waals surface area contributed by atoms with Crippen molar-refractivity contribution in [1.29, 1.82) is 0 Å². The number of nitrogens with two attached hydrogens (primary N) is 17. The molecule has 0 saturated carbocycles. The van der Waals surface area contributed by atoms with Gasteiger partial charge < -0.3 is 161 Å². The Balaban J connectivity index is 6.01. The van der Waals surface area contributed by atoms with E-state index in [4.69, 9.17) is 97.5 Å². The van der Waals surface area contributed by atoms with Crippen molar-refractivity contribution in [3.05, 3.63) is 0 Å². The number of amides is 11. The number of aliphatic carboxylic acids is 1. The minimum absolute atomic E-state index is 0.0337. The number of guanidine groups is 8. The quantitative estimate of drug-likeness (QED) is 0.0153. The van der Waals surface area contributed by atoms with Gasteiger partial charge in [-0.25, -0.2) is 4.79 Å². The summed E-state index contributed by atoms with van der Waals surface area (Å²) in [6.07, 6.45) is 8.59. The van der Waals surface area contributed by atoms with Crippen molar-refractivity contribution in [2.75, 3.05) is 78.5 Å². The van der Waals surface area contributed by atoms with E-state index >= 15 is 0 Å². The minimum atomic E-state index is -1.20. The molecule has 0 aliphatic heterocycles. The zero-order valence-corrected chi connectivity index (χ0v) is 70.0. The van der Waals surface area contributed by atoms with E-state index < -0.39 is 113 Å². The number of unbranched alkanes of at least 4 members (excludes halogenated alkanes) is 8. The first-order chi connectivity index (χ1) is 57.5. The van der Waals surface area contributed by atoms with Gasteiger partial charge in [0.05, 0.1) is 6.04 Å². The Morgan fingerprint density at radius 2 is 0.397 bits per heavy atom. The van der Waals surface area contributed by atoms with Gasteiger partial charge >= 0.3 is 5.97 Å². The summed E-state index contributed by atoms with van der Waals surface area (Å²) in [5, 5.41) is 39.9. The van der Waals surface area contributed by atoms with E-state index in [1.54, 1.807) is 0 Å². The predicted octanol–water partition coefficient (Wildman–Crippen LogP) is -9.07. The van der Waals surface area contributed by atoms with Gasteiger partial charge in [0.15, 0.2) is 47.7 Å². The van der Waals surface area contributed by atoms with E-state index in [0.29, 0.717) is 116 Å². The van der Waals surface area contributed by atoms with Crippen LogP contribution in [0.15, 0.2) is 39.9 Å². The zero-order chi connectivity index (χ0) is 90.7. The van der Waals surface area contributed by atoms with Crippen LogP contribution in [0.2, 0.25) is 0 Å². The Bertz CT molecular complexity index is 3360. The van der Waals surface area contributed by atoms with E-state index in [1.807, 2.05) is 0 Å². The number of aliphatic imine (C=N–C) groups is 8. The van der Waals surface area contributed by atoms with Crippen LogP contribution in [-0.4, -0.2) is 251 Å². The Labute approximate surface area is 706 Å².